The van der Waals surface area contributed by atoms with Gasteiger partial charge >= 0.3 is 0 Å². The molecule has 2 heteroatoms. The largest absolute Gasteiger partial charge is 0.245 e. The zero-order valence-corrected chi connectivity index (χ0v) is 7.84. The van der Waals surface area contributed by atoms with Crippen molar-refractivity contribution in [3.8, 4) is 0 Å². The summed E-state index contributed by atoms with van der Waals surface area (Å²) in [6.45, 7) is 4.00. The molecule has 0 bridgehead atoms. The van der Waals surface area contributed by atoms with Gasteiger partial charge in [-0.25, -0.2) is 4.98 Å². The second-order valence-electron chi connectivity index (χ2n) is 2.64. The number of hydrogen-bond donors (Lipinski definition) is 0. The van der Waals surface area contributed by atoms with E-state index in [1.54, 1.807) is 11.3 Å². The molecule has 0 amide bonds. The molecule has 1 radical (unpaired) electrons. The third kappa shape index (κ3) is 1.68. The highest BCUT2D eigenvalue weighted by Gasteiger charge is 2.02. The van der Waals surface area contributed by atoms with Crippen LogP contribution in [-0.4, -0.2) is 4.98 Å². The van der Waals surface area contributed by atoms with Crippen LogP contribution in [0.3, 0.4) is 0 Å². The molecule has 0 saturated heterocycles. The van der Waals surface area contributed by atoms with Gasteiger partial charge in [0.2, 0.25) is 0 Å². The van der Waals surface area contributed by atoms with Crippen LogP contribution in [0.4, 0.5) is 0 Å². The van der Waals surface area contributed by atoms with Crippen LogP contribution < -0.4 is 0 Å². The molecule has 1 nitrogen and oxygen atoms in total. The highest BCUT2D eigenvalue weighted by Crippen LogP contribution is 2.20. The molecule has 1 heterocycles. The Balaban J connectivity index is 2.34. The first-order valence-corrected chi connectivity index (χ1v) is 4.86. The van der Waals surface area contributed by atoms with Crippen molar-refractivity contribution in [2.24, 2.45) is 0 Å². The van der Waals surface area contributed by atoms with Gasteiger partial charge in [0, 0.05) is 11.0 Å². The zero-order chi connectivity index (χ0) is 9.10. The summed E-state index contributed by atoms with van der Waals surface area (Å²) >= 11 is 1.58. The molecule has 0 atom stereocenters. The molecule has 1 aromatic carbocycles. The fraction of sp³-hybridized carbons (Fsp3) is 0. The Hall–Kier alpha value is -1.41. The van der Waals surface area contributed by atoms with Crippen LogP contribution in [0, 0.1) is 6.07 Å². The minimum absolute atomic E-state index is 0.955. The Morgan fingerprint density at radius 2 is 2.15 bits per heavy atom. The predicted molar refractivity (Wildman–Crippen MR) is 55.5 cm³/mol. The number of benzene rings is 1. The number of rotatable bonds is 2. The second kappa shape index (κ2) is 3.54. The molecular weight excluding hydrogens is 178 g/mol. The smallest absolute Gasteiger partial charge is 0.0811 e. The minimum Gasteiger partial charge on any atom is -0.245 e. The molecule has 0 aliphatic rings. The zero-order valence-electron chi connectivity index (χ0n) is 7.03. The van der Waals surface area contributed by atoms with Gasteiger partial charge in [0.05, 0.1) is 11.2 Å². The Morgan fingerprint density at radius 3 is 2.77 bits per heavy atom. The molecule has 0 unspecified atom stereocenters. The lowest BCUT2D eigenvalue weighted by molar-refractivity contribution is 1.35. The molecule has 0 saturated carbocycles. The van der Waals surface area contributed by atoms with Gasteiger partial charge in [0.25, 0.3) is 0 Å². The van der Waals surface area contributed by atoms with Crippen molar-refractivity contribution in [2.45, 2.75) is 0 Å². The van der Waals surface area contributed by atoms with Crippen molar-refractivity contribution < 1.29 is 0 Å². The maximum Gasteiger partial charge on any atom is 0.0811 e. The Labute approximate surface area is 81.4 Å². The number of aromatic nitrogens is 1. The summed E-state index contributed by atoms with van der Waals surface area (Å²) in [5.74, 6) is 0. The lowest BCUT2D eigenvalue weighted by Crippen LogP contribution is -1.84. The van der Waals surface area contributed by atoms with Crippen LogP contribution >= 0.6 is 11.3 Å². The van der Waals surface area contributed by atoms with Crippen molar-refractivity contribution >= 4 is 16.9 Å². The van der Waals surface area contributed by atoms with Crippen LogP contribution in [0.5, 0.6) is 0 Å². The second-order valence-corrected chi connectivity index (χ2v) is 3.36. The first-order valence-electron chi connectivity index (χ1n) is 3.92. The summed E-state index contributed by atoms with van der Waals surface area (Å²) in [5, 5.41) is 2.00. The maximum absolute atomic E-state index is 4.20. The first kappa shape index (κ1) is 8.20. The molecule has 0 fully saturated rings. The van der Waals surface area contributed by atoms with Crippen LogP contribution in [0.1, 0.15) is 11.3 Å². The van der Waals surface area contributed by atoms with E-state index in [9.17, 15) is 0 Å². The van der Waals surface area contributed by atoms with Crippen molar-refractivity contribution in [1.29, 1.82) is 0 Å². The van der Waals surface area contributed by atoms with E-state index < -0.39 is 0 Å². The monoisotopic (exact) mass is 186 g/mol. The van der Waals surface area contributed by atoms with E-state index >= 15 is 0 Å². The average molecular weight is 186 g/mol. The summed E-state index contributed by atoms with van der Waals surface area (Å²) in [5.41, 5.74) is 4.84. The van der Waals surface area contributed by atoms with Gasteiger partial charge in [-0.15, -0.1) is 11.3 Å². The quantitative estimate of drug-likeness (QED) is 0.702. The first-order chi connectivity index (χ1) is 6.38. The SMILES string of the molecule is C=C(c1cc[c]cc1)c1cscn1. The van der Waals surface area contributed by atoms with E-state index in [-0.39, 0.29) is 0 Å². The molecule has 2 aromatic rings. The Morgan fingerprint density at radius 1 is 1.38 bits per heavy atom. The van der Waals surface area contributed by atoms with Gasteiger partial charge in [-0.3, -0.25) is 0 Å². The van der Waals surface area contributed by atoms with Crippen LogP contribution in [0.2, 0.25) is 0 Å². The van der Waals surface area contributed by atoms with Gasteiger partial charge in [-0.2, -0.15) is 0 Å². The summed E-state index contributed by atoms with van der Waals surface area (Å²) in [4.78, 5) is 4.20. The summed E-state index contributed by atoms with van der Waals surface area (Å²) in [6, 6.07) is 10.7. The summed E-state index contributed by atoms with van der Waals surface area (Å²) in [6.07, 6.45) is 0. The molecule has 0 aliphatic carbocycles. The number of nitrogens with zero attached hydrogens (tertiary/aromatic N) is 1. The van der Waals surface area contributed by atoms with Crippen molar-refractivity contribution in [3.05, 3.63) is 59.1 Å². The molecule has 2 rings (SSSR count). The van der Waals surface area contributed by atoms with Crippen LogP contribution in [-0.2, 0) is 0 Å². The number of thiazole rings is 1. The fourth-order valence-corrected chi connectivity index (χ4v) is 1.66. The maximum atomic E-state index is 4.20. The third-order valence-electron chi connectivity index (χ3n) is 1.81. The van der Waals surface area contributed by atoms with E-state index in [1.807, 2.05) is 35.2 Å². The standard InChI is InChI=1S/C11H8NS/c1-9(11-7-13-8-12-11)10-5-3-2-4-6-10/h3-8H,1H2. The van der Waals surface area contributed by atoms with Crippen LogP contribution in [0.15, 0.2) is 41.7 Å². The highest BCUT2D eigenvalue weighted by molar-refractivity contribution is 7.07. The Kier molecular flexibility index (Phi) is 2.23. The molecule has 0 N–H and O–H groups in total. The van der Waals surface area contributed by atoms with E-state index in [1.165, 1.54) is 0 Å². The van der Waals surface area contributed by atoms with Crippen molar-refractivity contribution in [2.75, 3.05) is 0 Å². The van der Waals surface area contributed by atoms with Crippen LogP contribution in [0.25, 0.3) is 5.57 Å². The van der Waals surface area contributed by atoms with Gasteiger partial charge in [-0.05, 0) is 11.6 Å². The highest BCUT2D eigenvalue weighted by atomic mass is 32.1. The molecule has 0 aliphatic heterocycles. The van der Waals surface area contributed by atoms with Gasteiger partial charge in [0.1, 0.15) is 0 Å². The Bertz CT molecular complexity index is 389. The molecule has 0 spiro atoms. The molecule has 63 valence electrons. The fourth-order valence-electron chi connectivity index (χ4n) is 1.10. The topological polar surface area (TPSA) is 12.9 Å². The van der Waals surface area contributed by atoms with E-state index in [4.69, 9.17) is 0 Å². The lowest BCUT2D eigenvalue weighted by Gasteiger charge is -2.00. The van der Waals surface area contributed by atoms with Gasteiger partial charge in [0.15, 0.2) is 0 Å². The summed E-state index contributed by atoms with van der Waals surface area (Å²) < 4.78 is 0. The lowest BCUT2D eigenvalue weighted by atomic mass is 10.1. The van der Waals surface area contributed by atoms with Crippen molar-refractivity contribution in [3.63, 3.8) is 0 Å². The van der Waals surface area contributed by atoms with Gasteiger partial charge in [-0.1, -0.05) is 30.8 Å². The molecule has 13 heavy (non-hydrogen) atoms. The van der Waals surface area contributed by atoms with Crippen molar-refractivity contribution in [1.82, 2.24) is 4.98 Å². The average Bonchev–Trinajstić information content (AvgIpc) is 2.71. The molecular formula is C11H8NS. The molecule has 1 aromatic heterocycles. The summed E-state index contributed by atoms with van der Waals surface area (Å²) in [7, 11) is 0. The third-order valence-corrected chi connectivity index (χ3v) is 2.39. The van der Waals surface area contributed by atoms with E-state index in [0.717, 1.165) is 16.8 Å². The van der Waals surface area contributed by atoms with E-state index in [0.29, 0.717) is 0 Å². The van der Waals surface area contributed by atoms with Gasteiger partial charge < -0.3 is 0 Å². The normalized spacial score (nSPS) is 9.85. The predicted octanol–water partition coefficient (Wildman–Crippen LogP) is 3.00. The number of hydrogen-bond acceptors (Lipinski definition) is 2. The van der Waals surface area contributed by atoms with E-state index in [2.05, 4.69) is 17.6 Å². The minimum atomic E-state index is 0.955.